The highest BCUT2D eigenvalue weighted by molar-refractivity contribution is 6.01. The molecule has 0 unspecified atom stereocenters. The Balaban J connectivity index is 1.51. The van der Waals surface area contributed by atoms with Gasteiger partial charge in [0.25, 0.3) is 0 Å². The van der Waals surface area contributed by atoms with Crippen molar-refractivity contribution in [2.75, 3.05) is 18.4 Å². The SMILES string of the molecule is C#CCn1c(C)c(C=NCCNc2cccc3ccccc23)c2cc(C)ccc21. The van der Waals surface area contributed by atoms with E-state index in [4.69, 9.17) is 11.4 Å². The highest BCUT2D eigenvalue weighted by atomic mass is 15.0. The van der Waals surface area contributed by atoms with Crippen molar-refractivity contribution in [3.8, 4) is 12.3 Å². The standard InChI is InChI=1S/C26H25N3/c1-4-16-29-20(3)24(23-17-19(2)12-13-26(23)29)18-27-14-15-28-25-11-7-9-21-8-5-6-10-22(21)25/h1,5-13,17-18,28H,14-16H2,2-3H3. The molecule has 0 aliphatic heterocycles. The Morgan fingerprint density at radius 3 is 2.72 bits per heavy atom. The first-order chi connectivity index (χ1) is 14.2. The molecule has 0 aliphatic rings. The largest absolute Gasteiger partial charge is 0.383 e. The monoisotopic (exact) mass is 379 g/mol. The molecule has 0 saturated heterocycles. The third-order valence-electron chi connectivity index (χ3n) is 5.34. The van der Waals surface area contributed by atoms with Crippen LogP contribution in [0.4, 0.5) is 5.69 Å². The first-order valence-corrected chi connectivity index (χ1v) is 9.93. The van der Waals surface area contributed by atoms with E-state index in [0.717, 1.165) is 23.5 Å². The summed E-state index contributed by atoms with van der Waals surface area (Å²) in [6, 6.07) is 21.2. The van der Waals surface area contributed by atoms with E-state index in [1.165, 1.54) is 27.2 Å². The molecule has 4 aromatic rings. The van der Waals surface area contributed by atoms with Crippen LogP contribution in [0.15, 0.2) is 65.7 Å². The first-order valence-electron chi connectivity index (χ1n) is 9.93. The van der Waals surface area contributed by atoms with Gasteiger partial charge in [-0.15, -0.1) is 6.42 Å². The molecule has 4 rings (SSSR count). The zero-order valence-corrected chi connectivity index (χ0v) is 16.9. The number of aromatic nitrogens is 1. The Hall–Kier alpha value is -3.51. The average Bonchev–Trinajstić information content (AvgIpc) is 2.99. The van der Waals surface area contributed by atoms with Crippen LogP contribution in [-0.4, -0.2) is 23.9 Å². The third-order valence-corrected chi connectivity index (χ3v) is 5.34. The molecule has 0 aliphatic carbocycles. The van der Waals surface area contributed by atoms with Crippen molar-refractivity contribution < 1.29 is 0 Å². The smallest absolute Gasteiger partial charge is 0.0837 e. The number of terminal acetylenes is 1. The maximum Gasteiger partial charge on any atom is 0.0837 e. The molecule has 0 amide bonds. The van der Waals surface area contributed by atoms with Gasteiger partial charge in [0.1, 0.15) is 0 Å². The molecular weight excluding hydrogens is 354 g/mol. The first kappa shape index (κ1) is 18.8. The highest BCUT2D eigenvalue weighted by Crippen LogP contribution is 2.26. The summed E-state index contributed by atoms with van der Waals surface area (Å²) in [5.41, 5.74) is 5.87. The number of anilines is 1. The second-order valence-corrected chi connectivity index (χ2v) is 7.30. The Bertz CT molecular complexity index is 1230. The Morgan fingerprint density at radius 1 is 1.03 bits per heavy atom. The molecular formula is C26H25N3. The molecule has 0 fully saturated rings. The summed E-state index contributed by atoms with van der Waals surface area (Å²) in [7, 11) is 0. The van der Waals surface area contributed by atoms with Crippen molar-refractivity contribution in [2.24, 2.45) is 4.99 Å². The number of hydrogen-bond donors (Lipinski definition) is 1. The molecule has 0 bridgehead atoms. The average molecular weight is 380 g/mol. The van der Waals surface area contributed by atoms with Crippen LogP contribution >= 0.6 is 0 Å². The van der Waals surface area contributed by atoms with Gasteiger partial charge in [-0.2, -0.15) is 0 Å². The molecule has 144 valence electrons. The molecule has 0 spiro atoms. The maximum absolute atomic E-state index is 5.58. The molecule has 3 aromatic carbocycles. The summed E-state index contributed by atoms with van der Waals surface area (Å²) in [6.07, 6.45) is 7.58. The number of fused-ring (bicyclic) bond motifs is 2. The number of rotatable bonds is 6. The topological polar surface area (TPSA) is 29.3 Å². The van der Waals surface area contributed by atoms with Gasteiger partial charge in [-0.05, 0) is 37.4 Å². The lowest BCUT2D eigenvalue weighted by molar-refractivity contribution is 0.846. The molecule has 1 N–H and O–H groups in total. The van der Waals surface area contributed by atoms with E-state index in [2.05, 4.69) is 90.3 Å². The maximum atomic E-state index is 5.58. The molecule has 0 atom stereocenters. The van der Waals surface area contributed by atoms with Gasteiger partial charge in [0.2, 0.25) is 0 Å². The number of nitrogens with zero attached hydrogens (tertiary/aromatic N) is 2. The van der Waals surface area contributed by atoms with E-state index < -0.39 is 0 Å². The Labute approximate surface area is 172 Å². The lowest BCUT2D eigenvalue weighted by atomic mass is 10.1. The molecule has 3 heteroatoms. The number of nitrogens with one attached hydrogen (secondary N) is 1. The molecule has 0 radical (unpaired) electrons. The van der Waals surface area contributed by atoms with Crippen LogP contribution < -0.4 is 5.32 Å². The number of aryl methyl sites for hydroxylation is 1. The molecule has 0 saturated carbocycles. The van der Waals surface area contributed by atoms with E-state index in [0.29, 0.717) is 13.1 Å². The molecule has 1 aromatic heterocycles. The van der Waals surface area contributed by atoms with Gasteiger partial charge < -0.3 is 9.88 Å². The number of aliphatic imine (C=N–C) groups is 1. The molecule has 3 nitrogen and oxygen atoms in total. The fourth-order valence-electron chi connectivity index (χ4n) is 3.87. The van der Waals surface area contributed by atoms with Gasteiger partial charge in [-0.3, -0.25) is 4.99 Å². The minimum Gasteiger partial charge on any atom is -0.383 e. The van der Waals surface area contributed by atoms with Crippen molar-refractivity contribution in [3.05, 3.63) is 77.5 Å². The Kier molecular flexibility index (Phi) is 5.35. The van der Waals surface area contributed by atoms with E-state index in [1.54, 1.807) is 0 Å². The van der Waals surface area contributed by atoms with Crippen LogP contribution in [0.3, 0.4) is 0 Å². The number of benzene rings is 3. The summed E-state index contributed by atoms with van der Waals surface area (Å²) in [6.45, 7) is 6.29. The zero-order valence-electron chi connectivity index (χ0n) is 16.9. The van der Waals surface area contributed by atoms with Crippen LogP contribution in [0.2, 0.25) is 0 Å². The number of hydrogen-bond acceptors (Lipinski definition) is 2. The van der Waals surface area contributed by atoms with E-state index in [-0.39, 0.29) is 0 Å². The van der Waals surface area contributed by atoms with E-state index >= 15 is 0 Å². The fourth-order valence-corrected chi connectivity index (χ4v) is 3.87. The van der Waals surface area contributed by atoms with Gasteiger partial charge in [-0.25, -0.2) is 0 Å². The highest BCUT2D eigenvalue weighted by Gasteiger charge is 2.12. The quantitative estimate of drug-likeness (QED) is 0.265. The lowest BCUT2D eigenvalue weighted by Gasteiger charge is -2.08. The summed E-state index contributed by atoms with van der Waals surface area (Å²) >= 11 is 0. The summed E-state index contributed by atoms with van der Waals surface area (Å²) < 4.78 is 2.19. The summed E-state index contributed by atoms with van der Waals surface area (Å²) in [4.78, 5) is 4.70. The molecule has 29 heavy (non-hydrogen) atoms. The van der Waals surface area contributed by atoms with Gasteiger partial charge in [-0.1, -0.05) is 53.9 Å². The Morgan fingerprint density at radius 2 is 1.86 bits per heavy atom. The van der Waals surface area contributed by atoms with Crippen LogP contribution in [0.25, 0.3) is 21.7 Å². The zero-order chi connectivity index (χ0) is 20.2. The van der Waals surface area contributed by atoms with Gasteiger partial charge in [0, 0.05) is 46.0 Å². The van der Waals surface area contributed by atoms with Crippen LogP contribution in [0.5, 0.6) is 0 Å². The van der Waals surface area contributed by atoms with Crippen LogP contribution in [0, 0.1) is 26.2 Å². The van der Waals surface area contributed by atoms with Gasteiger partial charge in [0.05, 0.1) is 13.1 Å². The van der Waals surface area contributed by atoms with Crippen LogP contribution in [0.1, 0.15) is 16.8 Å². The minimum atomic E-state index is 0.571. The predicted octanol–water partition coefficient (Wildman–Crippen LogP) is 5.58. The van der Waals surface area contributed by atoms with Crippen molar-refractivity contribution >= 4 is 33.6 Å². The second-order valence-electron chi connectivity index (χ2n) is 7.30. The predicted molar refractivity (Wildman–Crippen MR) is 125 cm³/mol. The fraction of sp³-hybridized carbons (Fsp3) is 0.192. The minimum absolute atomic E-state index is 0.571. The van der Waals surface area contributed by atoms with Gasteiger partial charge in [0.15, 0.2) is 0 Å². The summed E-state index contributed by atoms with van der Waals surface area (Å²) in [5, 5.41) is 7.21. The van der Waals surface area contributed by atoms with Crippen molar-refractivity contribution in [1.29, 1.82) is 0 Å². The van der Waals surface area contributed by atoms with Crippen LogP contribution in [-0.2, 0) is 6.54 Å². The third kappa shape index (κ3) is 3.75. The normalized spacial score (nSPS) is 11.3. The summed E-state index contributed by atoms with van der Waals surface area (Å²) in [5.74, 6) is 2.76. The van der Waals surface area contributed by atoms with Crippen molar-refractivity contribution in [3.63, 3.8) is 0 Å². The van der Waals surface area contributed by atoms with Crippen molar-refractivity contribution in [1.82, 2.24) is 4.57 Å². The second kappa shape index (κ2) is 8.24. The van der Waals surface area contributed by atoms with Gasteiger partial charge >= 0.3 is 0 Å². The van der Waals surface area contributed by atoms with Crippen molar-refractivity contribution in [2.45, 2.75) is 20.4 Å². The van der Waals surface area contributed by atoms with E-state index in [9.17, 15) is 0 Å². The lowest BCUT2D eigenvalue weighted by Crippen LogP contribution is -2.05. The molecule has 1 heterocycles. The van der Waals surface area contributed by atoms with E-state index in [1.807, 2.05) is 6.21 Å².